The van der Waals surface area contributed by atoms with Gasteiger partial charge < -0.3 is 4.74 Å². The van der Waals surface area contributed by atoms with Crippen LogP contribution in [0.5, 0.6) is 5.75 Å². The fourth-order valence-corrected chi connectivity index (χ4v) is 5.34. The van der Waals surface area contributed by atoms with Crippen LogP contribution >= 0.6 is 0 Å². The Labute approximate surface area is 186 Å². The number of hydrogen-bond donors (Lipinski definition) is 0. The molecule has 3 aromatic carbocycles. The predicted molar refractivity (Wildman–Crippen MR) is 127 cm³/mol. The van der Waals surface area contributed by atoms with Crippen LogP contribution in [0.4, 0.5) is 8.78 Å². The van der Waals surface area contributed by atoms with Gasteiger partial charge in [-0.1, -0.05) is 73.0 Å². The Morgan fingerprint density at radius 2 is 1.35 bits per heavy atom. The van der Waals surface area contributed by atoms with Crippen molar-refractivity contribution in [2.24, 2.45) is 5.92 Å². The maximum Gasteiger partial charge on any atom is 0.426 e. The number of alkyl halides is 2. The zero-order valence-corrected chi connectivity index (χ0v) is 20.3. The molecule has 0 aromatic heterocycles. The highest BCUT2D eigenvalue weighted by atomic mass is 28.1. The molecule has 0 amide bonds. The third-order valence-electron chi connectivity index (χ3n) is 6.63. The highest BCUT2D eigenvalue weighted by Gasteiger charge is 2.34. The Bertz CT molecular complexity index is 973. The van der Waals surface area contributed by atoms with Crippen LogP contribution < -0.4 is 4.74 Å². The Morgan fingerprint density at radius 3 is 1.90 bits per heavy atom. The normalized spacial score (nSPS) is 19.3. The van der Waals surface area contributed by atoms with Gasteiger partial charge in [0.05, 0.1) is 5.56 Å². The first-order valence-electron chi connectivity index (χ1n) is 11.3. The van der Waals surface area contributed by atoms with Crippen LogP contribution in [0.3, 0.4) is 0 Å². The van der Waals surface area contributed by atoms with Crippen molar-refractivity contribution in [2.75, 3.05) is 0 Å². The van der Waals surface area contributed by atoms with Gasteiger partial charge in [-0.2, -0.15) is 8.78 Å². The third-order valence-corrected chi connectivity index (χ3v) is 7.78. The van der Waals surface area contributed by atoms with Gasteiger partial charge in [0, 0.05) is 10.2 Å². The van der Waals surface area contributed by atoms with Crippen molar-refractivity contribution in [3.63, 3.8) is 0 Å². The minimum Gasteiger partial charge on any atom is -0.429 e. The monoisotopic (exact) mass is 436 g/mol. The Hall–Kier alpha value is -2.46. The molecule has 0 saturated heterocycles. The quantitative estimate of drug-likeness (QED) is 0.384. The number of rotatable bonds is 6. The minimum absolute atomic E-state index is 0.149. The molecule has 1 aliphatic rings. The molecule has 0 spiro atoms. The second kappa shape index (κ2) is 9.35. The van der Waals surface area contributed by atoms with Crippen molar-refractivity contribution in [1.29, 1.82) is 0 Å². The molecule has 162 valence electrons. The zero-order chi connectivity index (χ0) is 21.8. The molecule has 1 aliphatic carbocycles. The van der Waals surface area contributed by atoms with Crippen LogP contribution in [-0.2, 0) is 6.11 Å². The van der Waals surface area contributed by atoms with E-state index in [2.05, 4.69) is 24.3 Å². The summed E-state index contributed by atoms with van der Waals surface area (Å²) in [5.41, 5.74) is 4.24. The van der Waals surface area contributed by atoms with Gasteiger partial charge in [-0.3, -0.25) is 0 Å². The molecule has 4 rings (SSSR count). The smallest absolute Gasteiger partial charge is 0.426 e. The second-order valence-electron chi connectivity index (χ2n) is 8.76. The zero-order valence-electron chi connectivity index (χ0n) is 18.3. The summed E-state index contributed by atoms with van der Waals surface area (Å²) in [6.45, 7) is 1.91. The Morgan fingerprint density at radius 1 is 0.806 bits per heavy atom. The van der Waals surface area contributed by atoms with E-state index < -0.39 is 6.11 Å². The van der Waals surface area contributed by atoms with Crippen molar-refractivity contribution in [1.82, 2.24) is 0 Å². The summed E-state index contributed by atoms with van der Waals surface area (Å²) in [6.07, 6.45) is 1.91. The molecule has 4 heteroatoms. The SMILES string of the molecule is Cc1ccc(OC(F)(F)c2ccc(-c3ccc(C4CCC(C[SiH3])CC4)cc3)cc2)cc1. The molecule has 0 atom stereocenters. The number of hydrogen-bond acceptors (Lipinski definition) is 1. The summed E-state index contributed by atoms with van der Waals surface area (Å²) < 4.78 is 34.1. The summed E-state index contributed by atoms with van der Waals surface area (Å²) in [7, 11) is 1.31. The van der Waals surface area contributed by atoms with Gasteiger partial charge in [0.2, 0.25) is 0 Å². The van der Waals surface area contributed by atoms with E-state index in [1.165, 1.54) is 59.7 Å². The van der Waals surface area contributed by atoms with Gasteiger partial charge in [0.15, 0.2) is 0 Å². The minimum atomic E-state index is -3.38. The Balaban J connectivity index is 1.43. The first-order valence-corrected chi connectivity index (χ1v) is 12.7. The highest BCUT2D eigenvalue weighted by Crippen LogP contribution is 2.38. The fourth-order valence-electron chi connectivity index (χ4n) is 4.52. The van der Waals surface area contributed by atoms with E-state index >= 15 is 0 Å². The van der Waals surface area contributed by atoms with E-state index in [-0.39, 0.29) is 11.3 Å². The van der Waals surface area contributed by atoms with Crippen molar-refractivity contribution >= 4 is 10.2 Å². The van der Waals surface area contributed by atoms with E-state index in [0.717, 1.165) is 22.6 Å². The van der Waals surface area contributed by atoms with Crippen LogP contribution in [-0.4, -0.2) is 10.2 Å². The topological polar surface area (TPSA) is 9.23 Å². The largest absolute Gasteiger partial charge is 0.429 e. The molecule has 31 heavy (non-hydrogen) atoms. The fraction of sp³-hybridized carbons (Fsp3) is 0.333. The molecule has 1 fully saturated rings. The first-order chi connectivity index (χ1) is 14.9. The van der Waals surface area contributed by atoms with E-state index in [1.807, 2.05) is 6.92 Å². The number of aryl methyl sites for hydroxylation is 1. The summed E-state index contributed by atoms with van der Waals surface area (Å²) in [4.78, 5) is 0. The van der Waals surface area contributed by atoms with Crippen LogP contribution in [0.25, 0.3) is 11.1 Å². The molecular weight excluding hydrogens is 406 g/mol. The summed E-state index contributed by atoms with van der Waals surface area (Å²) in [6, 6.07) is 23.1. The lowest BCUT2D eigenvalue weighted by molar-refractivity contribution is -0.185. The van der Waals surface area contributed by atoms with E-state index in [4.69, 9.17) is 4.74 Å². The lowest BCUT2D eigenvalue weighted by Crippen LogP contribution is -2.21. The molecule has 0 unspecified atom stereocenters. The van der Waals surface area contributed by atoms with Crippen LogP contribution in [0.15, 0.2) is 72.8 Å². The highest BCUT2D eigenvalue weighted by molar-refractivity contribution is 6.08. The van der Waals surface area contributed by atoms with Crippen LogP contribution in [0.2, 0.25) is 6.04 Å². The number of benzene rings is 3. The second-order valence-corrected chi connectivity index (χ2v) is 9.57. The van der Waals surface area contributed by atoms with Crippen molar-refractivity contribution in [3.8, 4) is 16.9 Å². The molecule has 1 saturated carbocycles. The molecule has 1 nitrogen and oxygen atoms in total. The molecule has 0 heterocycles. The van der Waals surface area contributed by atoms with Gasteiger partial charge in [-0.25, -0.2) is 0 Å². The van der Waals surface area contributed by atoms with E-state index in [1.54, 1.807) is 36.4 Å². The standard InChI is InChI=1S/C27H30F2OSi/c1-19-2-16-26(17-3-19)30-27(28,29)25-14-12-24(13-15-25)23-10-8-22(9-11-23)21-6-4-20(18-31)5-7-21/h2-3,8-17,20-21H,4-7,18H2,1,31H3. The molecule has 0 aliphatic heterocycles. The molecule has 0 radical (unpaired) electrons. The van der Waals surface area contributed by atoms with Crippen molar-refractivity contribution in [2.45, 2.75) is 50.7 Å². The average molecular weight is 437 g/mol. The third kappa shape index (κ3) is 5.24. The van der Waals surface area contributed by atoms with Gasteiger partial charge in [0.25, 0.3) is 0 Å². The van der Waals surface area contributed by atoms with Crippen LogP contribution in [0, 0.1) is 12.8 Å². The first kappa shape index (κ1) is 21.8. The maximum atomic E-state index is 14.6. The maximum absolute atomic E-state index is 14.6. The summed E-state index contributed by atoms with van der Waals surface area (Å²) in [5, 5.41) is 0. The molecule has 3 aromatic rings. The van der Waals surface area contributed by atoms with E-state index in [9.17, 15) is 8.78 Å². The van der Waals surface area contributed by atoms with Gasteiger partial charge >= 0.3 is 6.11 Å². The lowest BCUT2D eigenvalue weighted by atomic mass is 9.79. The van der Waals surface area contributed by atoms with Gasteiger partial charge in [0.1, 0.15) is 5.75 Å². The molecular formula is C27H30F2OSi. The lowest BCUT2D eigenvalue weighted by Gasteiger charge is -2.28. The molecule has 0 bridgehead atoms. The number of ether oxygens (including phenoxy) is 1. The van der Waals surface area contributed by atoms with Gasteiger partial charge in [-0.15, -0.1) is 0 Å². The summed E-state index contributed by atoms with van der Waals surface area (Å²) >= 11 is 0. The predicted octanol–water partition coefficient (Wildman–Crippen LogP) is 6.85. The van der Waals surface area contributed by atoms with Crippen molar-refractivity contribution in [3.05, 3.63) is 89.5 Å². The summed E-state index contributed by atoms with van der Waals surface area (Å²) in [5.74, 6) is 1.78. The van der Waals surface area contributed by atoms with Gasteiger partial charge in [-0.05, 0) is 72.6 Å². The number of halogens is 2. The van der Waals surface area contributed by atoms with E-state index in [0.29, 0.717) is 5.92 Å². The average Bonchev–Trinajstić information content (AvgIpc) is 2.81. The van der Waals surface area contributed by atoms with Crippen LogP contribution in [0.1, 0.15) is 48.3 Å². The molecule has 0 N–H and O–H groups in total. The Kier molecular flexibility index (Phi) is 6.56. The van der Waals surface area contributed by atoms with Crippen molar-refractivity contribution < 1.29 is 13.5 Å².